The van der Waals surface area contributed by atoms with Gasteiger partial charge in [-0.1, -0.05) is 28.1 Å². The highest BCUT2D eigenvalue weighted by Crippen LogP contribution is 2.40. The van der Waals surface area contributed by atoms with Crippen molar-refractivity contribution in [1.29, 1.82) is 0 Å². The topological polar surface area (TPSA) is 264 Å². The number of nitrogens with zero attached hydrogens (tertiary/aromatic N) is 6. The van der Waals surface area contributed by atoms with Gasteiger partial charge in [0, 0.05) is 30.8 Å². The molecular weight excluding hydrogens is 704 g/mol. The fourth-order valence-electron chi connectivity index (χ4n) is 5.09. The number of allylic oxidation sites excluding steroid dienone is 1. The van der Waals surface area contributed by atoms with E-state index < -0.39 is 53.0 Å². The fourth-order valence-corrected chi connectivity index (χ4v) is 7.37. The number of hydrogen-bond acceptors (Lipinski definition) is 15. The zero-order chi connectivity index (χ0) is 35.6. The Morgan fingerprint density at radius 3 is 2.73 bits per heavy atom. The number of nitrogens with two attached hydrogens (primary N) is 3. The van der Waals surface area contributed by atoms with Gasteiger partial charge >= 0.3 is 23.5 Å². The third-order valence-corrected chi connectivity index (χ3v) is 10.0. The van der Waals surface area contributed by atoms with Crippen LogP contribution in [0.4, 0.5) is 11.1 Å². The molecule has 5 heterocycles. The number of halogens is 1. The van der Waals surface area contributed by atoms with Crippen LogP contribution in [0.25, 0.3) is 11.2 Å². The number of nitrogens with one attached hydrogen (secondary N) is 1. The largest absolute Gasteiger partial charge is 0.478 e. The lowest BCUT2D eigenvalue weighted by molar-refractivity contribution is -0.664. The van der Waals surface area contributed by atoms with Crippen LogP contribution in [0.1, 0.15) is 26.0 Å². The Morgan fingerprint density at radius 2 is 2.08 bits per heavy atom. The fraction of sp³-hybridized carbons (Fsp3) is 0.393. The number of nitrogen functional groups attached to an aromatic ring is 2. The number of aliphatic carboxylic acids is 1. The number of rotatable bonds is 14. The van der Waals surface area contributed by atoms with Gasteiger partial charge in [-0.25, -0.2) is 14.3 Å². The number of imidazole rings is 1. The smallest absolute Gasteiger partial charge is 0.351 e. The van der Waals surface area contributed by atoms with Crippen molar-refractivity contribution >= 4 is 92.7 Å². The summed E-state index contributed by atoms with van der Waals surface area (Å²) in [5, 5.41) is 14.8. The zero-order valence-corrected chi connectivity index (χ0v) is 28.5. The molecule has 260 valence electrons. The lowest BCUT2D eigenvalue weighted by Crippen LogP contribution is -2.70. The Labute approximate surface area is 291 Å². The van der Waals surface area contributed by atoms with Crippen LogP contribution in [0.15, 0.2) is 34.8 Å². The maximum Gasteiger partial charge on any atom is 0.351 e. The molecule has 2 unspecified atom stereocenters. The average Bonchev–Trinajstić information content (AvgIpc) is 3.57. The molecule has 2 amide bonds. The van der Waals surface area contributed by atoms with Crippen molar-refractivity contribution < 1.29 is 43.2 Å². The summed E-state index contributed by atoms with van der Waals surface area (Å²) >= 11 is 8.39. The van der Waals surface area contributed by atoms with Crippen LogP contribution >= 0.6 is 34.7 Å². The highest BCUT2D eigenvalue weighted by atomic mass is 35.5. The number of amides is 2. The highest BCUT2D eigenvalue weighted by Gasteiger charge is 2.53. The number of esters is 1. The number of oxime groups is 1. The summed E-state index contributed by atoms with van der Waals surface area (Å²) in [6.07, 6.45) is 1.44. The van der Waals surface area contributed by atoms with Crippen molar-refractivity contribution in [3.05, 3.63) is 39.6 Å². The number of thioether (sulfide) groups is 1. The molecule has 18 nitrogen and oxygen atoms in total. The normalized spacial score (nSPS) is 18.8. The van der Waals surface area contributed by atoms with Crippen LogP contribution in [0.5, 0.6) is 0 Å². The number of aldehydes is 1. The minimum absolute atomic E-state index is 0.00402. The molecular formula is C28H32ClN10O8S2+. The number of carboxylic acids is 1. The minimum atomic E-state index is -1.41. The lowest BCUT2D eigenvalue weighted by Gasteiger charge is -2.49. The number of fused-ring (bicyclic) bond motifs is 2. The Kier molecular flexibility index (Phi) is 10.7. The van der Waals surface area contributed by atoms with Crippen molar-refractivity contribution in [2.75, 3.05) is 23.8 Å². The number of carbonyl (C=O) groups excluding carboxylic acids is 4. The van der Waals surface area contributed by atoms with Gasteiger partial charge < -0.3 is 37.2 Å². The molecule has 0 radical (unpaired) electrons. The number of pyridine rings is 1. The number of aromatic nitrogens is 4. The molecule has 0 aromatic carbocycles. The van der Waals surface area contributed by atoms with E-state index in [1.165, 1.54) is 30.5 Å². The van der Waals surface area contributed by atoms with E-state index in [0.29, 0.717) is 36.2 Å². The predicted octanol–water partition coefficient (Wildman–Crippen LogP) is -0.374. The molecule has 4 atom stereocenters. The van der Waals surface area contributed by atoms with E-state index in [4.69, 9.17) is 43.5 Å². The summed E-state index contributed by atoms with van der Waals surface area (Å²) in [7, 11) is 0. The van der Waals surface area contributed by atoms with Crippen LogP contribution in [-0.4, -0.2) is 96.2 Å². The van der Waals surface area contributed by atoms with Gasteiger partial charge in [-0.2, -0.15) is 0 Å². The summed E-state index contributed by atoms with van der Waals surface area (Å²) in [5.41, 5.74) is 19.5. The number of aryl methyl sites for hydroxylation is 1. The first-order valence-electron chi connectivity index (χ1n) is 14.6. The Balaban J connectivity index is 1.32. The first kappa shape index (κ1) is 35.5. The molecule has 3 aromatic heterocycles. The van der Waals surface area contributed by atoms with Gasteiger partial charge in [-0.3, -0.25) is 28.6 Å². The second-order valence-corrected chi connectivity index (χ2v) is 13.7. The molecule has 8 N–H and O–H groups in total. The molecule has 21 heteroatoms. The van der Waals surface area contributed by atoms with Gasteiger partial charge in [0.15, 0.2) is 17.1 Å². The molecule has 5 rings (SSSR count). The number of β-lactam (4-membered cyclic amide) rings is 1. The number of thiazole rings is 1. The molecule has 0 bridgehead atoms. The summed E-state index contributed by atoms with van der Waals surface area (Å²) < 4.78 is 8.59. The molecule has 1 saturated heterocycles. The van der Waals surface area contributed by atoms with Crippen LogP contribution in [0.3, 0.4) is 0 Å². The summed E-state index contributed by atoms with van der Waals surface area (Å²) in [6.45, 7) is 3.23. The van der Waals surface area contributed by atoms with Gasteiger partial charge in [-0.05, 0) is 30.5 Å². The molecule has 0 spiro atoms. The number of carboxylic acid groups (broad SMARTS) is 1. The van der Waals surface area contributed by atoms with E-state index in [2.05, 4.69) is 20.4 Å². The van der Waals surface area contributed by atoms with Crippen LogP contribution in [0.2, 0.25) is 4.34 Å². The summed E-state index contributed by atoms with van der Waals surface area (Å²) in [5.74, 6) is -2.61. The average molecular weight is 736 g/mol. The third kappa shape index (κ3) is 7.46. The maximum absolute atomic E-state index is 13.4. The van der Waals surface area contributed by atoms with E-state index in [9.17, 15) is 24.0 Å². The first-order valence-corrected chi connectivity index (χ1v) is 16.9. The Hall–Kier alpha value is -4.79. The van der Waals surface area contributed by atoms with Gasteiger partial charge in [0.2, 0.25) is 6.10 Å². The van der Waals surface area contributed by atoms with Crippen molar-refractivity contribution in [3.63, 3.8) is 0 Å². The van der Waals surface area contributed by atoms with E-state index in [1.54, 1.807) is 16.8 Å². The maximum atomic E-state index is 13.4. The first-order chi connectivity index (χ1) is 23.3. The van der Waals surface area contributed by atoms with Crippen molar-refractivity contribution in [2.24, 2.45) is 10.9 Å². The van der Waals surface area contributed by atoms with Gasteiger partial charge in [-0.15, -0.1) is 11.8 Å². The Bertz CT molecular complexity index is 1900. The van der Waals surface area contributed by atoms with Gasteiger partial charge in [0.05, 0.1) is 11.9 Å². The lowest BCUT2D eigenvalue weighted by atomic mass is 10.0. The van der Waals surface area contributed by atoms with E-state index in [-0.39, 0.29) is 40.0 Å². The molecule has 3 aromatic rings. The number of hydrogen-bond donors (Lipinski definition) is 5. The molecule has 0 aliphatic carbocycles. The zero-order valence-electron chi connectivity index (χ0n) is 26.1. The third-order valence-electron chi connectivity index (χ3n) is 7.58. The predicted molar refractivity (Wildman–Crippen MR) is 178 cm³/mol. The molecule has 2 aliphatic heterocycles. The number of ether oxygens (including phenoxy) is 1. The van der Waals surface area contributed by atoms with Crippen molar-refractivity contribution in [3.8, 4) is 0 Å². The SMILES string of the molecule is CC(=O)OC[C@@H](N)CCn1c(N)nc2c1ccc[n+]2CC1=C(C=O)N2C(=O)C(NC(=O)/C(=N\O[C@@H](C)C(=O)O)c3nc(N)sc3Cl)C2SC1. The minimum Gasteiger partial charge on any atom is -0.478 e. The quantitative estimate of drug-likeness (QED) is 0.0353. The van der Waals surface area contributed by atoms with Crippen LogP contribution in [0, 0.1) is 0 Å². The van der Waals surface area contributed by atoms with Gasteiger partial charge in [0.1, 0.15) is 40.1 Å². The molecule has 49 heavy (non-hydrogen) atoms. The number of anilines is 2. The van der Waals surface area contributed by atoms with Crippen LogP contribution in [-0.2, 0) is 46.6 Å². The van der Waals surface area contributed by atoms with E-state index in [1.807, 2.05) is 10.6 Å². The second-order valence-electron chi connectivity index (χ2n) is 11.0. The summed E-state index contributed by atoms with van der Waals surface area (Å²) in [6, 6.07) is 2.20. The van der Waals surface area contributed by atoms with Gasteiger partial charge in [0.25, 0.3) is 11.8 Å². The second kappa shape index (κ2) is 14.8. The number of carbonyl (C=O) groups is 5. The van der Waals surface area contributed by atoms with Crippen LogP contribution < -0.4 is 27.1 Å². The Morgan fingerprint density at radius 1 is 1.33 bits per heavy atom. The van der Waals surface area contributed by atoms with E-state index in [0.717, 1.165) is 16.9 Å². The summed E-state index contributed by atoms with van der Waals surface area (Å²) in [4.78, 5) is 76.2. The van der Waals surface area contributed by atoms with Crippen molar-refractivity contribution in [2.45, 2.75) is 56.9 Å². The standard InChI is InChI=1S/C28H31ClN10O8S2/c1-12(26(44)45)47-36-19(18-21(29)49-28(32)34-18)23(42)33-20-24(43)39-17(9-40)14(11-48-25(20)39)8-37-6-3-4-16-22(37)35-27(31)38(16)7-5-15(30)10-46-13(2)41/h3-4,6,9,12,15,20,25,31H,5,7-8,10-11,30H2,1-2H3,(H4,32,33,34,42,44,45)/p+1/b36-19-/t12-,15-,20?,25?/m0/s1. The monoisotopic (exact) mass is 735 g/mol. The van der Waals surface area contributed by atoms with E-state index >= 15 is 0 Å². The molecule has 1 fully saturated rings. The highest BCUT2D eigenvalue weighted by molar-refractivity contribution is 8.00. The molecule has 0 saturated carbocycles. The molecule has 2 aliphatic rings. The van der Waals surface area contributed by atoms with Crippen molar-refractivity contribution in [1.82, 2.24) is 24.8 Å².